The largest absolute Gasteiger partial charge is 0.456 e. The van der Waals surface area contributed by atoms with Crippen molar-refractivity contribution in [2.45, 2.75) is 88.6 Å². The van der Waals surface area contributed by atoms with Gasteiger partial charge in [0.25, 0.3) is 0 Å². The number of hydrogen-bond acceptors (Lipinski definition) is 2. The van der Waals surface area contributed by atoms with Crippen LogP contribution in [-0.4, -0.2) is 17.0 Å². The van der Waals surface area contributed by atoms with E-state index in [1.807, 2.05) is 0 Å². The van der Waals surface area contributed by atoms with Crippen LogP contribution >= 0.6 is 0 Å². The first-order valence-electron chi connectivity index (χ1n) is 20.1. The van der Waals surface area contributed by atoms with Gasteiger partial charge in [-0.25, -0.2) is 0 Å². The van der Waals surface area contributed by atoms with Crippen LogP contribution in [0.1, 0.15) is 87.0 Å². The van der Waals surface area contributed by atoms with Gasteiger partial charge in [0.15, 0.2) is 0 Å². The molecule has 2 heterocycles. The molecule has 0 bridgehead atoms. The fraction of sp³-hybridized carbons (Fsp3) is 0.388. The summed E-state index contributed by atoms with van der Waals surface area (Å²) in [6.45, 7) is 4.94. The molecule has 7 aliphatic carbocycles. The van der Waals surface area contributed by atoms with E-state index in [9.17, 15) is 0 Å². The Bertz CT molecular complexity index is 2060. The second-order valence-corrected chi connectivity index (χ2v) is 16.4. The number of allylic oxidation sites excluding steroid dienone is 17. The number of para-hydroxylation sites is 1. The third-order valence-corrected chi connectivity index (χ3v) is 13.7. The molecule has 51 heavy (non-hydrogen) atoms. The molecule has 2 aromatic rings. The van der Waals surface area contributed by atoms with Crippen molar-refractivity contribution in [3.8, 4) is 0 Å². The third kappa shape index (κ3) is 5.44. The zero-order valence-corrected chi connectivity index (χ0v) is 29.9. The molecule has 1 aliphatic heterocycles. The van der Waals surface area contributed by atoms with Gasteiger partial charge in [0, 0.05) is 46.0 Å². The van der Waals surface area contributed by atoms with Crippen molar-refractivity contribution in [2.24, 2.45) is 29.6 Å². The van der Waals surface area contributed by atoms with Gasteiger partial charge in [-0.3, -0.25) is 0 Å². The van der Waals surface area contributed by atoms with E-state index in [0.717, 1.165) is 49.9 Å². The summed E-state index contributed by atoms with van der Waals surface area (Å²) < 4.78 is 6.55. The van der Waals surface area contributed by atoms with Crippen LogP contribution in [0, 0.1) is 29.6 Å². The van der Waals surface area contributed by atoms with Crippen molar-refractivity contribution in [3.05, 3.63) is 161 Å². The lowest BCUT2D eigenvalue weighted by atomic mass is 9.70. The molecule has 0 N–H and O–H groups in total. The molecule has 0 spiro atoms. The number of furan rings is 1. The topological polar surface area (TPSA) is 16.4 Å². The molecular weight excluding hydrogens is 619 g/mol. The van der Waals surface area contributed by atoms with E-state index < -0.39 is 0 Å². The Balaban J connectivity index is 0.988. The minimum atomic E-state index is 0.339. The van der Waals surface area contributed by atoms with Crippen molar-refractivity contribution < 1.29 is 4.42 Å². The van der Waals surface area contributed by atoms with Crippen LogP contribution in [-0.2, 0) is 6.42 Å². The lowest BCUT2D eigenvalue weighted by molar-refractivity contribution is 0.234. The summed E-state index contributed by atoms with van der Waals surface area (Å²) in [5.41, 5.74) is 11.3. The van der Waals surface area contributed by atoms with E-state index in [0.29, 0.717) is 47.6 Å². The van der Waals surface area contributed by atoms with Crippen LogP contribution in [0.2, 0.25) is 0 Å². The minimum absolute atomic E-state index is 0.339. The number of likely N-dealkylation sites (tertiary alicyclic amines) is 1. The predicted octanol–water partition coefficient (Wildman–Crippen LogP) is 12.2. The monoisotopic (exact) mass is 669 g/mol. The van der Waals surface area contributed by atoms with Crippen molar-refractivity contribution >= 4 is 17.0 Å². The predicted molar refractivity (Wildman–Crippen MR) is 212 cm³/mol. The zero-order valence-electron chi connectivity index (χ0n) is 29.9. The second kappa shape index (κ2) is 13.0. The Morgan fingerprint density at radius 3 is 2.65 bits per heavy atom. The molecule has 1 aromatic carbocycles. The van der Waals surface area contributed by atoms with Crippen LogP contribution < -0.4 is 0 Å². The Morgan fingerprint density at radius 2 is 1.75 bits per heavy atom. The van der Waals surface area contributed by atoms with Crippen LogP contribution in [0.4, 0.5) is 0 Å². The van der Waals surface area contributed by atoms with Crippen LogP contribution in [0.25, 0.3) is 17.0 Å². The standard InChI is InChI=1S/C49H51NO/c1-32-43(34-16-6-3-7-17-34)30-38(33-14-4-2-5-15-33)31-47(32)50-45-24-10-8-20-40(45)44-29-36(26-27-46(44)50)35-18-12-19-37(28-35)39-22-13-23-42-41-21-9-11-25-48(41)51-49(39)42/h2-6,10-14,16,18,22-25,28-29,31,33,37-38,40,43-46H,1,7-9,15,17,19-21,26-27,30H2. The lowest BCUT2D eigenvalue weighted by Crippen LogP contribution is -2.41. The highest BCUT2D eigenvalue weighted by Gasteiger charge is 2.50. The number of benzene rings is 1. The van der Waals surface area contributed by atoms with Gasteiger partial charge in [0.1, 0.15) is 11.3 Å². The van der Waals surface area contributed by atoms with Crippen molar-refractivity contribution in [1.29, 1.82) is 0 Å². The molecule has 10 rings (SSSR count). The van der Waals surface area contributed by atoms with Crippen LogP contribution in [0.5, 0.6) is 0 Å². The van der Waals surface area contributed by atoms with Crippen molar-refractivity contribution in [3.63, 3.8) is 0 Å². The minimum Gasteiger partial charge on any atom is -0.456 e. The number of nitrogens with zero attached hydrogens (tertiary/aromatic N) is 1. The molecule has 8 aliphatic rings. The maximum atomic E-state index is 6.55. The summed E-state index contributed by atoms with van der Waals surface area (Å²) in [4.78, 5) is 2.91. The molecular formula is C49H51NO. The molecule has 2 nitrogen and oxygen atoms in total. The highest BCUT2D eigenvalue weighted by molar-refractivity contribution is 5.88. The molecule has 258 valence electrons. The van der Waals surface area contributed by atoms with E-state index in [1.54, 1.807) is 11.1 Å². The van der Waals surface area contributed by atoms with Gasteiger partial charge in [0.05, 0.1) is 6.04 Å². The lowest BCUT2D eigenvalue weighted by Gasteiger charge is -2.44. The molecule has 0 saturated carbocycles. The van der Waals surface area contributed by atoms with E-state index in [4.69, 9.17) is 11.0 Å². The first kappa shape index (κ1) is 31.4. The molecule has 1 aromatic heterocycles. The Morgan fingerprint density at radius 1 is 0.784 bits per heavy atom. The van der Waals surface area contributed by atoms with Gasteiger partial charge in [-0.2, -0.15) is 0 Å². The summed E-state index contributed by atoms with van der Waals surface area (Å²) >= 11 is 0. The fourth-order valence-electron chi connectivity index (χ4n) is 11.2. The van der Waals surface area contributed by atoms with Gasteiger partial charge in [-0.15, -0.1) is 0 Å². The van der Waals surface area contributed by atoms with Crippen molar-refractivity contribution in [1.82, 2.24) is 4.90 Å². The summed E-state index contributed by atoms with van der Waals surface area (Å²) in [7, 11) is 0. The highest BCUT2D eigenvalue weighted by Crippen LogP contribution is 2.53. The zero-order chi connectivity index (χ0) is 33.9. The highest BCUT2D eigenvalue weighted by atomic mass is 16.3. The molecule has 0 radical (unpaired) electrons. The first-order chi connectivity index (χ1) is 25.2. The molecule has 8 atom stereocenters. The molecule has 2 heteroatoms. The normalized spacial score (nSPS) is 33.8. The molecule has 8 unspecified atom stereocenters. The maximum absolute atomic E-state index is 6.55. The van der Waals surface area contributed by atoms with E-state index in [1.165, 1.54) is 65.5 Å². The quantitative estimate of drug-likeness (QED) is 0.295. The number of rotatable bonds is 5. The summed E-state index contributed by atoms with van der Waals surface area (Å²) in [5.74, 6) is 4.17. The average Bonchev–Trinajstić information content (AvgIpc) is 3.74. The average molecular weight is 670 g/mol. The number of fused-ring (bicyclic) bond motifs is 6. The van der Waals surface area contributed by atoms with Gasteiger partial charge in [-0.1, -0.05) is 121 Å². The first-order valence-corrected chi connectivity index (χ1v) is 20.1. The van der Waals surface area contributed by atoms with E-state index >= 15 is 0 Å². The smallest absolute Gasteiger partial charge is 0.138 e. The fourth-order valence-corrected chi connectivity index (χ4v) is 11.2. The number of aryl methyl sites for hydroxylation is 1. The summed E-state index contributed by atoms with van der Waals surface area (Å²) in [5, 5.41) is 1.31. The van der Waals surface area contributed by atoms with E-state index in [2.05, 4.69) is 120 Å². The Labute approximate surface area is 304 Å². The summed E-state index contributed by atoms with van der Waals surface area (Å²) in [6.07, 6.45) is 51.4. The molecule has 1 saturated heterocycles. The summed E-state index contributed by atoms with van der Waals surface area (Å²) in [6, 6.07) is 7.80. The van der Waals surface area contributed by atoms with Crippen LogP contribution in [0.15, 0.2) is 148 Å². The van der Waals surface area contributed by atoms with Crippen LogP contribution in [0.3, 0.4) is 0 Å². The van der Waals surface area contributed by atoms with Gasteiger partial charge < -0.3 is 9.32 Å². The molecule has 1 fully saturated rings. The number of hydrogen-bond donors (Lipinski definition) is 0. The SMILES string of the molecule is C=C1C(N2C3C=CCCC3C3C=C(C4=CC(c5cccc6c7c(oc56)C=CCC7)CC=C4)CCC32)=CC(C2C=CC=CC2)CC1C1=CC=CCC1. The van der Waals surface area contributed by atoms with Gasteiger partial charge >= 0.3 is 0 Å². The van der Waals surface area contributed by atoms with E-state index in [-0.39, 0.29) is 0 Å². The second-order valence-electron chi connectivity index (χ2n) is 16.4. The Kier molecular flexibility index (Phi) is 8.03. The van der Waals surface area contributed by atoms with Gasteiger partial charge in [0.2, 0.25) is 0 Å². The van der Waals surface area contributed by atoms with Crippen molar-refractivity contribution in [2.75, 3.05) is 0 Å². The Hall–Kier alpha value is -4.30. The van der Waals surface area contributed by atoms with Gasteiger partial charge in [-0.05, 0) is 111 Å². The third-order valence-electron chi connectivity index (χ3n) is 13.7. The molecule has 0 amide bonds. The maximum Gasteiger partial charge on any atom is 0.138 e.